The van der Waals surface area contributed by atoms with Crippen LogP contribution in [-0.2, 0) is 10.0 Å². The Labute approximate surface area is 127 Å². The maximum atomic E-state index is 12.2. The summed E-state index contributed by atoms with van der Waals surface area (Å²) < 4.78 is 27.7. The number of benzene rings is 1. The van der Waals surface area contributed by atoms with E-state index in [1.807, 2.05) is 0 Å². The summed E-state index contributed by atoms with van der Waals surface area (Å²) in [6, 6.07) is 7.58. The second-order valence-corrected chi connectivity index (χ2v) is 7.94. The number of thiophene rings is 1. The zero-order valence-electron chi connectivity index (χ0n) is 10.3. The van der Waals surface area contributed by atoms with E-state index < -0.39 is 16.0 Å². The second kappa shape index (κ2) is 5.10. The van der Waals surface area contributed by atoms with E-state index in [2.05, 4.69) is 9.71 Å². The molecule has 0 saturated carbocycles. The highest BCUT2D eigenvalue weighted by Crippen LogP contribution is 2.26. The molecule has 9 heteroatoms. The number of sulfonamides is 1. The highest BCUT2D eigenvalue weighted by Gasteiger charge is 2.19. The third kappa shape index (κ3) is 2.75. The summed E-state index contributed by atoms with van der Waals surface area (Å²) in [6.45, 7) is 0. The zero-order valence-corrected chi connectivity index (χ0v) is 12.8. The number of fused-ring (bicyclic) bond motifs is 1. The van der Waals surface area contributed by atoms with Crippen LogP contribution in [0.15, 0.2) is 40.1 Å². The summed E-state index contributed by atoms with van der Waals surface area (Å²) in [5.74, 6) is -1.15. The van der Waals surface area contributed by atoms with Gasteiger partial charge in [0.2, 0.25) is 0 Å². The lowest BCUT2D eigenvalue weighted by Crippen LogP contribution is -2.11. The molecule has 1 aromatic carbocycles. The van der Waals surface area contributed by atoms with E-state index in [9.17, 15) is 13.2 Å². The van der Waals surface area contributed by atoms with Crippen molar-refractivity contribution in [3.05, 3.63) is 40.7 Å². The molecule has 0 bridgehead atoms. The Morgan fingerprint density at radius 2 is 2.05 bits per heavy atom. The molecule has 0 unspecified atom stereocenters. The topological polar surface area (TPSA) is 96.4 Å². The van der Waals surface area contributed by atoms with E-state index >= 15 is 0 Å². The van der Waals surface area contributed by atoms with Crippen LogP contribution in [0.4, 0.5) is 5.69 Å². The summed E-state index contributed by atoms with van der Waals surface area (Å²) >= 11 is 2.12. The van der Waals surface area contributed by atoms with Crippen molar-refractivity contribution in [2.45, 2.75) is 4.21 Å². The molecule has 0 radical (unpaired) electrons. The van der Waals surface area contributed by atoms with Gasteiger partial charge in [-0.1, -0.05) is 0 Å². The van der Waals surface area contributed by atoms with Crippen molar-refractivity contribution in [1.82, 2.24) is 4.98 Å². The maximum Gasteiger partial charge on any atom is 0.345 e. The molecule has 3 rings (SSSR count). The molecule has 2 N–H and O–H groups in total. The van der Waals surface area contributed by atoms with Crippen LogP contribution >= 0.6 is 22.7 Å². The molecule has 0 amide bonds. The summed E-state index contributed by atoms with van der Waals surface area (Å²) in [6.07, 6.45) is 0. The molecule has 0 saturated heterocycles. The molecule has 2 heterocycles. The molecule has 6 nitrogen and oxygen atoms in total. The van der Waals surface area contributed by atoms with Gasteiger partial charge in [0.15, 0.2) is 0 Å². The maximum absolute atomic E-state index is 12.2. The van der Waals surface area contributed by atoms with Crippen molar-refractivity contribution in [2.24, 2.45) is 0 Å². The van der Waals surface area contributed by atoms with Crippen LogP contribution in [0.5, 0.6) is 0 Å². The lowest BCUT2D eigenvalue weighted by Gasteiger charge is -2.05. The van der Waals surface area contributed by atoms with E-state index in [-0.39, 0.29) is 9.09 Å². The largest absolute Gasteiger partial charge is 0.477 e. The average Bonchev–Trinajstić information content (AvgIpc) is 3.07. The van der Waals surface area contributed by atoms with Crippen molar-refractivity contribution < 1.29 is 18.3 Å². The van der Waals surface area contributed by atoms with Crippen LogP contribution in [0.1, 0.15) is 9.67 Å². The van der Waals surface area contributed by atoms with E-state index in [0.29, 0.717) is 17.0 Å². The van der Waals surface area contributed by atoms with Crippen LogP contribution < -0.4 is 4.72 Å². The Morgan fingerprint density at radius 3 is 2.76 bits per heavy atom. The number of hydrogen-bond donors (Lipinski definition) is 2. The fourth-order valence-electron chi connectivity index (χ4n) is 1.70. The summed E-state index contributed by atoms with van der Waals surface area (Å²) in [4.78, 5) is 14.9. The van der Waals surface area contributed by atoms with Crippen molar-refractivity contribution >= 4 is 54.6 Å². The van der Waals surface area contributed by atoms with Crippen LogP contribution in [0, 0.1) is 0 Å². The predicted molar refractivity (Wildman–Crippen MR) is 81.7 cm³/mol. The van der Waals surface area contributed by atoms with Crippen LogP contribution in [0.25, 0.3) is 10.2 Å². The minimum atomic E-state index is -3.79. The molecular formula is C12H8N2O4S3. The first-order valence-corrected chi connectivity index (χ1v) is 8.83. The molecule has 3 aromatic rings. The Kier molecular flexibility index (Phi) is 3.40. The second-order valence-electron chi connectivity index (χ2n) is 4.06. The number of carbonyl (C=O) groups is 1. The SMILES string of the molecule is O=C(O)c1ccc(S(=O)(=O)Nc2ccc3ncsc3c2)s1. The molecule has 0 atom stereocenters. The number of nitrogens with one attached hydrogen (secondary N) is 1. The van der Waals surface area contributed by atoms with Gasteiger partial charge in [-0.05, 0) is 30.3 Å². The number of hydrogen-bond acceptors (Lipinski definition) is 6. The quantitative estimate of drug-likeness (QED) is 0.761. The number of rotatable bonds is 4. The van der Waals surface area contributed by atoms with Crippen molar-refractivity contribution in [3.63, 3.8) is 0 Å². The number of nitrogens with zero attached hydrogens (tertiary/aromatic N) is 1. The van der Waals surface area contributed by atoms with Crippen LogP contribution in [-0.4, -0.2) is 24.5 Å². The number of aromatic nitrogens is 1. The number of carboxylic acids is 1. The standard InChI is InChI=1S/C12H8N2O4S3/c15-12(16)9-3-4-11(20-9)21(17,18)14-7-1-2-8-10(5-7)19-6-13-8/h1-6,14H,(H,15,16). The van der Waals surface area contributed by atoms with Gasteiger partial charge in [-0.15, -0.1) is 22.7 Å². The first-order valence-electron chi connectivity index (χ1n) is 5.65. The first kappa shape index (κ1) is 14.0. The van der Waals surface area contributed by atoms with E-state index in [4.69, 9.17) is 5.11 Å². The van der Waals surface area contributed by atoms with Gasteiger partial charge >= 0.3 is 5.97 Å². The monoisotopic (exact) mass is 340 g/mol. The van der Waals surface area contributed by atoms with Crippen molar-refractivity contribution in [3.8, 4) is 0 Å². The molecule has 2 aromatic heterocycles. The summed E-state index contributed by atoms with van der Waals surface area (Å²) in [5, 5.41) is 8.84. The van der Waals surface area contributed by atoms with Gasteiger partial charge in [0, 0.05) is 0 Å². The van der Waals surface area contributed by atoms with Gasteiger partial charge in [-0.25, -0.2) is 18.2 Å². The smallest absolute Gasteiger partial charge is 0.345 e. The molecule has 0 aliphatic heterocycles. The molecule has 0 spiro atoms. The Hall–Kier alpha value is -1.97. The van der Waals surface area contributed by atoms with Gasteiger partial charge in [0.25, 0.3) is 10.0 Å². The molecule has 0 aliphatic carbocycles. The fourth-order valence-corrected chi connectivity index (χ4v) is 4.61. The Bertz CT molecular complexity index is 927. The lowest BCUT2D eigenvalue weighted by molar-refractivity contribution is 0.0702. The number of aromatic carboxylic acids is 1. The molecule has 108 valence electrons. The van der Waals surface area contributed by atoms with Gasteiger partial charge in [0.05, 0.1) is 21.4 Å². The predicted octanol–water partition coefficient (Wildman–Crippen LogP) is 2.86. The molecular weight excluding hydrogens is 332 g/mol. The van der Waals surface area contributed by atoms with Crippen molar-refractivity contribution in [2.75, 3.05) is 4.72 Å². The fraction of sp³-hybridized carbons (Fsp3) is 0. The van der Waals surface area contributed by atoms with E-state index in [1.54, 1.807) is 23.7 Å². The average molecular weight is 340 g/mol. The zero-order chi connectivity index (χ0) is 15.0. The molecule has 0 fully saturated rings. The number of anilines is 1. The number of thiazole rings is 1. The highest BCUT2D eigenvalue weighted by atomic mass is 32.2. The van der Waals surface area contributed by atoms with Gasteiger partial charge in [0.1, 0.15) is 9.09 Å². The van der Waals surface area contributed by atoms with E-state index in [1.165, 1.54) is 23.5 Å². The summed E-state index contributed by atoms with van der Waals surface area (Å²) in [7, 11) is -3.79. The third-order valence-corrected chi connectivity index (χ3v) is 6.38. The molecule has 0 aliphatic rings. The van der Waals surface area contributed by atoms with Gasteiger partial charge in [-0.2, -0.15) is 0 Å². The Morgan fingerprint density at radius 1 is 1.24 bits per heavy atom. The first-order chi connectivity index (χ1) is 9.95. The highest BCUT2D eigenvalue weighted by molar-refractivity contribution is 7.94. The van der Waals surface area contributed by atoms with Crippen LogP contribution in [0.2, 0.25) is 0 Å². The minimum Gasteiger partial charge on any atom is -0.477 e. The van der Waals surface area contributed by atoms with Crippen molar-refractivity contribution in [1.29, 1.82) is 0 Å². The third-order valence-electron chi connectivity index (χ3n) is 2.64. The summed E-state index contributed by atoms with van der Waals surface area (Å²) in [5.41, 5.74) is 2.89. The molecule has 21 heavy (non-hydrogen) atoms. The number of carboxylic acid groups (broad SMARTS) is 1. The van der Waals surface area contributed by atoms with E-state index in [0.717, 1.165) is 10.2 Å². The Balaban J connectivity index is 1.92. The van der Waals surface area contributed by atoms with Crippen LogP contribution in [0.3, 0.4) is 0 Å². The van der Waals surface area contributed by atoms with Gasteiger partial charge in [-0.3, -0.25) is 4.72 Å². The van der Waals surface area contributed by atoms with Gasteiger partial charge < -0.3 is 5.11 Å². The lowest BCUT2D eigenvalue weighted by atomic mass is 10.3. The minimum absolute atomic E-state index is 0.0201. The normalized spacial score (nSPS) is 11.6.